The van der Waals surface area contributed by atoms with E-state index in [1.165, 1.54) is 4.31 Å². The number of nitrogens with zero attached hydrogens (tertiary/aromatic N) is 2. The molecule has 1 fully saturated rings. The van der Waals surface area contributed by atoms with Gasteiger partial charge in [-0.1, -0.05) is 23.6 Å². The number of rotatable bonds is 4. The molecule has 8 heteroatoms. The summed E-state index contributed by atoms with van der Waals surface area (Å²) >= 11 is 0. The first kappa shape index (κ1) is 23.9. The van der Waals surface area contributed by atoms with Crippen molar-refractivity contribution in [2.45, 2.75) is 57.1 Å². The minimum Gasteiger partial charge on any atom is -0.459 e. The highest BCUT2D eigenvalue weighted by Crippen LogP contribution is 2.34. The molecule has 0 bridgehead atoms. The van der Waals surface area contributed by atoms with Crippen LogP contribution >= 0.6 is 0 Å². The molecule has 0 saturated carbocycles. The number of ether oxygens (including phenoxy) is 1. The summed E-state index contributed by atoms with van der Waals surface area (Å²) < 4.78 is 34.1. The Hall–Kier alpha value is -2.73. The summed E-state index contributed by atoms with van der Waals surface area (Å²) in [7, 11) is -4.00. The van der Waals surface area contributed by atoms with Crippen LogP contribution in [0.15, 0.2) is 41.3 Å². The highest BCUT2D eigenvalue weighted by atomic mass is 32.2. The molecule has 0 aliphatic carbocycles. The number of aliphatic hydroxyl groups is 1. The van der Waals surface area contributed by atoms with E-state index in [0.717, 1.165) is 5.56 Å². The van der Waals surface area contributed by atoms with Crippen LogP contribution in [0.1, 0.15) is 44.9 Å². The van der Waals surface area contributed by atoms with E-state index in [0.29, 0.717) is 29.8 Å². The Morgan fingerprint density at radius 2 is 2.03 bits per heavy atom. The van der Waals surface area contributed by atoms with Gasteiger partial charge in [-0.15, -0.1) is 0 Å². The van der Waals surface area contributed by atoms with Gasteiger partial charge in [-0.05, 0) is 70.7 Å². The van der Waals surface area contributed by atoms with Crippen molar-refractivity contribution >= 4 is 16.0 Å². The van der Waals surface area contributed by atoms with Crippen molar-refractivity contribution in [3.63, 3.8) is 0 Å². The van der Waals surface area contributed by atoms with Gasteiger partial charge in [-0.25, -0.2) is 13.4 Å². The summed E-state index contributed by atoms with van der Waals surface area (Å²) in [4.78, 5) is 17.3. The maximum absolute atomic E-state index is 13.7. The number of carbonyl (C=O) groups excluding carboxylic acids is 1. The molecular formula is C24H28N2O5S. The third-order valence-electron chi connectivity index (χ3n) is 4.92. The van der Waals surface area contributed by atoms with Crippen LogP contribution in [0.5, 0.6) is 0 Å². The van der Waals surface area contributed by atoms with Crippen molar-refractivity contribution in [1.29, 1.82) is 0 Å². The number of hydrogen-bond donors (Lipinski definition) is 1. The van der Waals surface area contributed by atoms with Gasteiger partial charge in [0.25, 0.3) is 0 Å². The van der Waals surface area contributed by atoms with E-state index in [9.17, 15) is 13.2 Å². The van der Waals surface area contributed by atoms with Crippen molar-refractivity contribution in [2.75, 3.05) is 13.2 Å². The number of esters is 1. The molecular weight excluding hydrogens is 428 g/mol. The van der Waals surface area contributed by atoms with Gasteiger partial charge in [0.1, 0.15) is 23.9 Å². The van der Waals surface area contributed by atoms with Crippen LogP contribution in [-0.4, -0.2) is 53.6 Å². The summed E-state index contributed by atoms with van der Waals surface area (Å²) in [5.74, 6) is 4.75. The van der Waals surface area contributed by atoms with E-state index in [1.807, 2.05) is 6.92 Å². The fourth-order valence-electron chi connectivity index (χ4n) is 3.61. The molecule has 3 rings (SSSR count). The number of carbonyl (C=O) groups is 1. The lowest BCUT2D eigenvalue weighted by Gasteiger charge is -2.27. The Morgan fingerprint density at radius 1 is 1.28 bits per heavy atom. The van der Waals surface area contributed by atoms with E-state index in [4.69, 9.17) is 9.84 Å². The molecule has 1 N–H and O–H groups in total. The molecule has 32 heavy (non-hydrogen) atoms. The predicted molar refractivity (Wildman–Crippen MR) is 121 cm³/mol. The third-order valence-corrected chi connectivity index (χ3v) is 6.89. The van der Waals surface area contributed by atoms with Crippen molar-refractivity contribution in [1.82, 2.24) is 9.29 Å². The van der Waals surface area contributed by atoms with Crippen molar-refractivity contribution in [3.8, 4) is 23.1 Å². The minimum absolute atomic E-state index is 0.0818. The van der Waals surface area contributed by atoms with E-state index in [-0.39, 0.29) is 18.0 Å². The van der Waals surface area contributed by atoms with Gasteiger partial charge in [0.05, 0.1) is 10.6 Å². The maximum Gasteiger partial charge on any atom is 0.324 e. The van der Waals surface area contributed by atoms with Crippen molar-refractivity contribution < 1.29 is 23.1 Å². The molecule has 0 spiro atoms. The second kappa shape index (κ2) is 9.41. The molecule has 0 radical (unpaired) electrons. The van der Waals surface area contributed by atoms with Gasteiger partial charge in [0.15, 0.2) is 0 Å². The quantitative estimate of drug-likeness (QED) is 0.561. The SMILES string of the molecule is Cc1ccc(S(=O)(=O)N2CCC[C@H]2C(=O)OC(C)(C)C)c(-c2cccc(C#CCO)n2)c1. The van der Waals surface area contributed by atoms with Crippen LogP contribution in [-0.2, 0) is 19.6 Å². The number of benzene rings is 1. The van der Waals surface area contributed by atoms with Gasteiger partial charge >= 0.3 is 5.97 Å². The van der Waals surface area contributed by atoms with Crippen LogP contribution in [0.3, 0.4) is 0 Å². The number of pyridine rings is 1. The standard InChI is InChI=1S/C24H28N2O5S/c1-17-12-13-22(19(16-17)20-10-5-8-18(25-20)9-7-15-27)32(29,30)26-14-6-11-21(26)23(28)31-24(2,3)4/h5,8,10,12-13,16,21,27H,6,11,14-15H2,1-4H3/t21-/m0/s1. The molecule has 2 aromatic rings. The Labute approximate surface area is 189 Å². The highest BCUT2D eigenvalue weighted by Gasteiger charge is 2.42. The fourth-order valence-corrected chi connectivity index (χ4v) is 5.44. The maximum atomic E-state index is 13.7. The molecule has 170 valence electrons. The molecule has 0 unspecified atom stereocenters. The summed E-state index contributed by atoms with van der Waals surface area (Å²) in [6.45, 7) is 7.10. The Balaban J connectivity index is 2.05. The largest absolute Gasteiger partial charge is 0.459 e. The first-order chi connectivity index (χ1) is 15.0. The number of aromatic nitrogens is 1. The molecule has 1 aromatic heterocycles. The van der Waals surface area contributed by atoms with Gasteiger partial charge in [-0.2, -0.15) is 4.31 Å². The van der Waals surface area contributed by atoms with Crippen molar-refractivity contribution in [3.05, 3.63) is 47.7 Å². The number of aryl methyl sites for hydroxylation is 1. The lowest BCUT2D eigenvalue weighted by atomic mass is 10.1. The third kappa shape index (κ3) is 5.36. The zero-order chi connectivity index (χ0) is 23.5. The lowest BCUT2D eigenvalue weighted by molar-refractivity contribution is -0.158. The molecule has 7 nitrogen and oxygen atoms in total. The van der Waals surface area contributed by atoms with E-state index in [2.05, 4.69) is 16.8 Å². The van der Waals surface area contributed by atoms with E-state index >= 15 is 0 Å². The highest BCUT2D eigenvalue weighted by molar-refractivity contribution is 7.89. The molecule has 0 amide bonds. The van der Waals surface area contributed by atoms with E-state index < -0.39 is 27.6 Å². The first-order valence-corrected chi connectivity index (χ1v) is 11.9. The second-order valence-corrected chi connectivity index (χ2v) is 10.5. The first-order valence-electron chi connectivity index (χ1n) is 10.5. The number of sulfonamides is 1. The van der Waals surface area contributed by atoms with Crippen molar-refractivity contribution in [2.24, 2.45) is 0 Å². The summed E-state index contributed by atoms with van der Waals surface area (Å²) in [5, 5.41) is 8.94. The summed E-state index contributed by atoms with van der Waals surface area (Å²) in [6, 6.07) is 9.33. The summed E-state index contributed by atoms with van der Waals surface area (Å²) in [5.41, 5.74) is 1.48. The fraction of sp³-hybridized carbons (Fsp3) is 0.417. The smallest absolute Gasteiger partial charge is 0.324 e. The van der Waals surface area contributed by atoms with Gasteiger partial charge in [0, 0.05) is 12.1 Å². The average Bonchev–Trinajstić information content (AvgIpc) is 3.22. The zero-order valence-electron chi connectivity index (χ0n) is 18.8. The average molecular weight is 457 g/mol. The van der Waals surface area contributed by atoms with Gasteiger partial charge < -0.3 is 9.84 Å². The molecule has 1 aliphatic heterocycles. The second-order valence-electron chi connectivity index (χ2n) is 8.67. The summed E-state index contributed by atoms with van der Waals surface area (Å²) in [6.07, 6.45) is 0.995. The normalized spacial score (nSPS) is 17.0. The van der Waals surface area contributed by atoms with Gasteiger partial charge in [0.2, 0.25) is 10.0 Å². The van der Waals surface area contributed by atoms with Gasteiger partial charge in [-0.3, -0.25) is 4.79 Å². The monoisotopic (exact) mass is 456 g/mol. The Morgan fingerprint density at radius 3 is 2.72 bits per heavy atom. The number of hydrogen-bond acceptors (Lipinski definition) is 6. The molecule has 1 saturated heterocycles. The molecule has 1 aromatic carbocycles. The lowest BCUT2D eigenvalue weighted by Crippen LogP contribution is -2.43. The number of aliphatic hydroxyl groups excluding tert-OH is 1. The topological polar surface area (TPSA) is 96.8 Å². The van der Waals surface area contributed by atoms with Crippen LogP contribution in [0.25, 0.3) is 11.3 Å². The molecule has 1 aliphatic rings. The van der Waals surface area contributed by atoms with Crippen LogP contribution < -0.4 is 0 Å². The predicted octanol–water partition coefficient (Wildman–Crippen LogP) is 2.90. The van der Waals surface area contributed by atoms with E-state index in [1.54, 1.807) is 57.2 Å². The Kier molecular flexibility index (Phi) is 7.03. The Bertz CT molecular complexity index is 1170. The van der Waals surface area contributed by atoms with Crippen LogP contribution in [0.4, 0.5) is 0 Å². The molecule has 1 atom stereocenters. The molecule has 2 heterocycles. The van der Waals surface area contributed by atoms with Crippen LogP contribution in [0.2, 0.25) is 0 Å². The zero-order valence-corrected chi connectivity index (χ0v) is 19.6. The van der Waals surface area contributed by atoms with Crippen LogP contribution in [0, 0.1) is 18.8 Å². The minimum atomic E-state index is -4.00.